The van der Waals surface area contributed by atoms with Crippen molar-refractivity contribution in [2.45, 2.75) is 11.6 Å². The van der Waals surface area contributed by atoms with Crippen LogP contribution in [0.4, 0.5) is 0 Å². The average molecular weight is 229 g/mol. The van der Waals surface area contributed by atoms with Crippen LogP contribution in [-0.4, -0.2) is 41.9 Å². The molecule has 15 heavy (non-hydrogen) atoms. The molecular weight excluding hydrogens is 214 g/mol. The third kappa shape index (κ3) is 2.35. The molecule has 0 spiro atoms. The molecule has 0 bridgehead atoms. The molecule has 1 aliphatic rings. The number of aliphatic hydroxyl groups is 1. The Kier molecular flexibility index (Phi) is 3.32. The van der Waals surface area contributed by atoms with Gasteiger partial charge in [-0.25, -0.2) is 0 Å². The van der Waals surface area contributed by atoms with E-state index in [0.717, 1.165) is 4.88 Å². The summed E-state index contributed by atoms with van der Waals surface area (Å²) in [5.41, 5.74) is 7.22. The highest BCUT2D eigenvalue weighted by molar-refractivity contribution is 7.09. The zero-order valence-electron chi connectivity index (χ0n) is 8.35. The molecule has 6 heteroatoms. The Bertz CT molecular complexity index is 295. The predicted octanol–water partition coefficient (Wildman–Crippen LogP) is -0.506. The van der Waals surface area contributed by atoms with E-state index in [-0.39, 0.29) is 5.54 Å². The molecule has 1 fully saturated rings. The smallest absolute Gasteiger partial charge is 0.102 e. The van der Waals surface area contributed by atoms with Crippen molar-refractivity contribution in [2.75, 3.05) is 26.3 Å². The second kappa shape index (κ2) is 4.54. The minimum absolute atomic E-state index is 0.133. The van der Waals surface area contributed by atoms with Crippen molar-refractivity contribution in [1.29, 1.82) is 0 Å². The largest absolute Gasteiger partial charge is 0.386 e. The van der Waals surface area contributed by atoms with Crippen LogP contribution in [-0.2, 0) is 4.74 Å². The Hall–Kier alpha value is -0.530. The van der Waals surface area contributed by atoms with E-state index < -0.39 is 6.10 Å². The molecular formula is C9H15N3O2S. The summed E-state index contributed by atoms with van der Waals surface area (Å²) in [5, 5.41) is 13.1. The summed E-state index contributed by atoms with van der Waals surface area (Å²) in [6.07, 6.45) is 1.17. The lowest BCUT2D eigenvalue weighted by Crippen LogP contribution is -2.65. The van der Waals surface area contributed by atoms with Crippen LogP contribution in [0, 0.1) is 0 Å². The first-order chi connectivity index (χ1) is 7.26. The van der Waals surface area contributed by atoms with Gasteiger partial charge in [0.1, 0.15) is 6.10 Å². The normalized spacial score (nSPS) is 20.9. The third-order valence-electron chi connectivity index (χ3n) is 2.60. The van der Waals surface area contributed by atoms with Crippen molar-refractivity contribution < 1.29 is 9.84 Å². The molecule has 1 saturated heterocycles. The number of rotatable bonds is 5. The molecule has 0 aromatic carbocycles. The van der Waals surface area contributed by atoms with Gasteiger partial charge in [-0.15, -0.1) is 11.3 Å². The number of thiazole rings is 1. The standard InChI is InChI=1S/C9H15N3O2S/c10-3-9(4-14-5-9)12-1-7(13)8-2-11-6-15-8/h2,6-7,12-13H,1,3-5,10H2. The van der Waals surface area contributed by atoms with Gasteiger partial charge in [0.15, 0.2) is 0 Å². The molecule has 0 amide bonds. The summed E-state index contributed by atoms with van der Waals surface area (Å²) < 4.78 is 5.12. The highest BCUT2D eigenvalue weighted by Crippen LogP contribution is 2.19. The summed E-state index contributed by atoms with van der Waals surface area (Å²) in [6.45, 7) is 2.27. The quantitative estimate of drug-likeness (QED) is 0.634. The van der Waals surface area contributed by atoms with E-state index in [1.54, 1.807) is 11.7 Å². The Labute approximate surface area is 92.3 Å². The van der Waals surface area contributed by atoms with Gasteiger partial charge in [0, 0.05) is 19.3 Å². The van der Waals surface area contributed by atoms with Crippen LogP contribution in [0.25, 0.3) is 0 Å². The van der Waals surface area contributed by atoms with E-state index in [9.17, 15) is 5.11 Å². The zero-order chi connectivity index (χ0) is 10.7. The van der Waals surface area contributed by atoms with E-state index in [2.05, 4.69) is 10.3 Å². The molecule has 1 aliphatic heterocycles. The maximum Gasteiger partial charge on any atom is 0.102 e. The lowest BCUT2D eigenvalue weighted by molar-refractivity contribution is -0.0727. The first-order valence-corrected chi connectivity index (χ1v) is 5.73. The molecule has 2 heterocycles. The summed E-state index contributed by atoms with van der Waals surface area (Å²) in [6, 6.07) is 0. The summed E-state index contributed by atoms with van der Waals surface area (Å²) in [4.78, 5) is 4.79. The SMILES string of the molecule is NCC1(NCC(O)c2cncs2)COC1. The average Bonchev–Trinajstić information content (AvgIpc) is 2.69. The van der Waals surface area contributed by atoms with Crippen molar-refractivity contribution in [3.63, 3.8) is 0 Å². The number of nitrogens with zero attached hydrogens (tertiary/aromatic N) is 1. The predicted molar refractivity (Wildman–Crippen MR) is 57.7 cm³/mol. The summed E-state index contributed by atoms with van der Waals surface area (Å²) >= 11 is 1.45. The fraction of sp³-hybridized carbons (Fsp3) is 0.667. The Morgan fingerprint density at radius 1 is 1.73 bits per heavy atom. The van der Waals surface area contributed by atoms with Crippen LogP contribution < -0.4 is 11.1 Å². The van der Waals surface area contributed by atoms with E-state index in [4.69, 9.17) is 10.5 Å². The number of nitrogens with one attached hydrogen (secondary N) is 1. The molecule has 1 aromatic heterocycles. The lowest BCUT2D eigenvalue weighted by Gasteiger charge is -2.41. The van der Waals surface area contributed by atoms with Crippen LogP contribution >= 0.6 is 11.3 Å². The van der Waals surface area contributed by atoms with Gasteiger partial charge >= 0.3 is 0 Å². The molecule has 1 aromatic rings. The van der Waals surface area contributed by atoms with Gasteiger partial charge in [0.2, 0.25) is 0 Å². The monoisotopic (exact) mass is 229 g/mol. The van der Waals surface area contributed by atoms with Crippen LogP contribution in [0.5, 0.6) is 0 Å². The van der Waals surface area contributed by atoms with Crippen LogP contribution in [0.2, 0.25) is 0 Å². The van der Waals surface area contributed by atoms with E-state index >= 15 is 0 Å². The fourth-order valence-electron chi connectivity index (χ4n) is 1.44. The Morgan fingerprint density at radius 3 is 3.00 bits per heavy atom. The molecule has 0 radical (unpaired) electrons. The molecule has 5 nitrogen and oxygen atoms in total. The van der Waals surface area contributed by atoms with Crippen LogP contribution in [0.15, 0.2) is 11.7 Å². The number of aliphatic hydroxyl groups excluding tert-OH is 1. The van der Waals surface area contributed by atoms with E-state index in [1.165, 1.54) is 11.3 Å². The number of hydrogen-bond donors (Lipinski definition) is 3. The fourth-order valence-corrected chi connectivity index (χ4v) is 2.05. The molecule has 0 aliphatic carbocycles. The molecule has 1 unspecified atom stereocenters. The molecule has 4 N–H and O–H groups in total. The third-order valence-corrected chi connectivity index (χ3v) is 3.47. The highest BCUT2D eigenvalue weighted by atomic mass is 32.1. The highest BCUT2D eigenvalue weighted by Gasteiger charge is 2.37. The van der Waals surface area contributed by atoms with Crippen molar-refractivity contribution in [2.24, 2.45) is 5.73 Å². The van der Waals surface area contributed by atoms with Crippen molar-refractivity contribution >= 4 is 11.3 Å². The van der Waals surface area contributed by atoms with Crippen LogP contribution in [0.3, 0.4) is 0 Å². The topological polar surface area (TPSA) is 80.4 Å². The van der Waals surface area contributed by atoms with Crippen molar-refractivity contribution in [1.82, 2.24) is 10.3 Å². The summed E-state index contributed by atoms with van der Waals surface area (Å²) in [7, 11) is 0. The zero-order valence-corrected chi connectivity index (χ0v) is 9.17. The van der Waals surface area contributed by atoms with Gasteiger partial charge in [-0.05, 0) is 0 Å². The molecule has 0 saturated carbocycles. The lowest BCUT2D eigenvalue weighted by atomic mass is 9.97. The number of β-amino-alcohol motifs (C(OH)–C–C–N with tert-alkyl or cyclic N) is 1. The van der Waals surface area contributed by atoms with Gasteiger partial charge in [-0.3, -0.25) is 4.98 Å². The first kappa shape index (κ1) is 11.0. The van der Waals surface area contributed by atoms with E-state index in [1.807, 2.05) is 0 Å². The number of nitrogens with two attached hydrogens (primary N) is 1. The second-order valence-corrected chi connectivity index (χ2v) is 4.70. The second-order valence-electron chi connectivity index (χ2n) is 3.78. The molecule has 2 rings (SSSR count). The van der Waals surface area contributed by atoms with Gasteiger partial charge in [0.25, 0.3) is 0 Å². The summed E-state index contributed by atoms with van der Waals surface area (Å²) in [5.74, 6) is 0. The number of ether oxygens (including phenoxy) is 1. The minimum Gasteiger partial charge on any atom is -0.386 e. The first-order valence-electron chi connectivity index (χ1n) is 4.85. The Balaban J connectivity index is 1.82. The van der Waals surface area contributed by atoms with Crippen LogP contribution in [0.1, 0.15) is 11.0 Å². The van der Waals surface area contributed by atoms with Crippen molar-refractivity contribution in [3.8, 4) is 0 Å². The van der Waals surface area contributed by atoms with Crippen molar-refractivity contribution in [3.05, 3.63) is 16.6 Å². The maximum atomic E-state index is 9.81. The van der Waals surface area contributed by atoms with Gasteiger partial charge in [-0.1, -0.05) is 0 Å². The number of hydrogen-bond acceptors (Lipinski definition) is 6. The maximum absolute atomic E-state index is 9.81. The van der Waals surface area contributed by atoms with Gasteiger partial charge in [0.05, 0.1) is 29.1 Å². The molecule has 1 atom stereocenters. The molecule has 84 valence electrons. The number of aromatic nitrogens is 1. The van der Waals surface area contributed by atoms with Gasteiger partial charge in [-0.2, -0.15) is 0 Å². The van der Waals surface area contributed by atoms with Gasteiger partial charge < -0.3 is 20.9 Å². The van der Waals surface area contributed by atoms with E-state index in [0.29, 0.717) is 26.3 Å². The minimum atomic E-state index is -0.512. The Morgan fingerprint density at radius 2 is 2.53 bits per heavy atom.